The van der Waals surface area contributed by atoms with Crippen LogP contribution in [0, 0.1) is 0 Å². The number of methoxy groups -OCH3 is 1. The van der Waals surface area contributed by atoms with Crippen LogP contribution in [-0.2, 0) is 0 Å². The van der Waals surface area contributed by atoms with Crippen molar-refractivity contribution < 1.29 is 14.3 Å². The number of nitrogens with zero attached hydrogens (tertiary/aromatic N) is 1. The molecule has 5 nitrogen and oxygen atoms in total. The van der Waals surface area contributed by atoms with E-state index in [1.54, 1.807) is 19.2 Å². The van der Waals surface area contributed by atoms with Crippen molar-refractivity contribution in [3.05, 3.63) is 22.2 Å². The van der Waals surface area contributed by atoms with Crippen LogP contribution in [0.1, 0.15) is 17.3 Å². The molecule has 1 aromatic rings. The van der Waals surface area contributed by atoms with Gasteiger partial charge in [0.2, 0.25) is 0 Å². The molecule has 0 aliphatic rings. The van der Waals surface area contributed by atoms with Crippen LogP contribution in [0.2, 0.25) is 0 Å². The fourth-order valence-corrected chi connectivity index (χ4v) is 2.19. The van der Waals surface area contributed by atoms with E-state index in [-0.39, 0.29) is 18.3 Å². The number of carbonyl (C=O) groups excluding carboxylic acids is 1. The fraction of sp³-hybridized carbons (Fsp3) is 0.500. The van der Waals surface area contributed by atoms with Crippen LogP contribution in [0.5, 0.6) is 11.5 Å². The Morgan fingerprint density at radius 3 is 2.57 bits per heavy atom. The van der Waals surface area contributed by atoms with Gasteiger partial charge >= 0.3 is 0 Å². The summed E-state index contributed by atoms with van der Waals surface area (Å²) in [5.41, 5.74) is 0.538. The minimum Gasteiger partial charge on any atom is -0.493 e. The molecule has 7 heteroatoms. The van der Waals surface area contributed by atoms with Crippen LogP contribution in [0.15, 0.2) is 16.6 Å². The molecule has 21 heavy (non-hydrogen) atoms. The second-order valence-corrected chi connectivity index (χ2v) is 5.34. The van der Waals surface area contributed by atoms with Gasteiger partial charge in [0.25, 0.3) is 5.91 Å². The number of hydrogen-bond acceptors (Lipinski definition) is 4. The molecule has 0 fully saturated rings. The first kappa shape index (κ1) is 20.0. The summed E-state index contributed by atoms with van der Waals surface area (Å²) in [5.74, 6) is 1.02. The minimum atomic E-state index is -0.131. The van der Waals surface area contributed by atoms with Crippen molar-refractivity contribution >= 4 is 34.2 Å². The average molecular weight is 382 g/mol. The maximum atomic E-state index is 12.1. The molecule has 1 aromatic carbocycles. The van der Waals surface area contributed by atoms with E-state index in [1.807, 2.05) is 25.9 Å². The standard InChI is InChI=1S/C14H21BrN2O3.ClH/c1-5-20-13-11(15)8-10(9-12(13)19-4)14(18)16-6-7-17(2)3;/h8-9H,5-7H2,1-4H3,(H,16,18);1H. The third kappa shape index (κ3) is 6.11. The molecule has 0 spiro atoms. The highest BCUT2D eigenvalue weighted by atomic mass is 79.9. The fourth-order valence-electron chi connectivity index (χ4n) is 1.63. The molecule has 1 rings (SSSR count). The lowest BCUT2D eigenvalue weighted by Crippen LogP contribution is -2.31. The first-order valence-electron chi connectivity index (χ1n) is 6.42. The van der Waals surface area contributed by atoms with Gasteiger partial charge in [-0.3, -0.25) is 4.79 Å². The second-order valence-electron chi connectivity index (χ2n) is 4.48. The van der Waals surface area contributed by atoms with E-state index in [2.05, 4.69) is 21.2 Å². The Kier molecular flexibility index (Phi) is 9.41. The van der Waals surface area contributed by atoms with E-state index in [9.17, 15) is 4.79 Å². The molecular weight excluding hydrogens is 360 g/mol. The van der Waals surface area contributed by atoms with Crippen LogP contribution in [0.25, 0.3) is 0 Å². The first-order valence-corrected chi connectivity index (χ1v) is 7.22. The maximum absolute atomic E-state index is 12.1. The summed E-state index contributed by atoms with van der Waals surface area (Å²) < 4.78 is 11.5. The monoisotopic (exact) mass is 380 g/mol. The molecule has 0 aliphatic carbocycles. The highest BCUT2D eigenvalue weighted by molar-refractivity contribution is 9.10. The van der Waals surface area contributed by atoms with E-state index in [0.29, 0.717) is 34.7 Å². The van der Waals surface area contributed by atoms with Crippen molar-refractivity contribution in [3.63, 3.8) is 0 Å². The van der Waals surface area contributed by atoms with Gasteiger partial charge in [0.1, 0.15) is 0 Å². The topological polar surface area (TPSA) is 50.8 Å². The van der Waals surface area contributed by atoms with Gasteiger partial charge in [-0.25, -0.2) is 0 Å². The lowest BCUT2D eigenvalue weighted by Gasteiger charge is -2.14. The van der Waals surface area contributed by atoms with Crippen LogP contribution >= 0.6 is 28.3 Å². The Hall–Kier alpha value is -0.980. The third-order valence-electron chi connectivity index (χ3n) is 2.62. The zero-order chi connectivity index (χ0) is 15.1. The van der Waals surface area contributed by atoms with Crippen molar-refractivity contribution in [2.45, 2.75) is 6.92 Å². The molecule has 0 aromatic heterocycles. The lowest BCUT2D eigenvalue weighted by molar-refractivity contribution is 0.0950. The van der Waals surface area contributed by atoms with Crippen LogP contribution in [0.3, 0.4) is 0 Å². The molecule has 0 unspecified atom stereocenters. The highest BCUT2D eigenvalue weighted by Crippen LogP contribution is 2.36. The number of ether oxygens (including phenoxy) is 2. The summed E-state index contributed by atoms with van der Waals surface area (Å²) in [6, 6.07) is 3.42. The lowest BCUT2D eigenvalue weighted by atomic mass is 10.2. The number of hydrogen-bond donors (Lipinski definition) is 1. The Bertz CT molecular complexity index is 470. The molecule has 0 bridgehead atoms. The van der Waals surface area contributed by atoms with Gasteiger partial charge < -0.3 is 19.7 Å². The predicted molar refractivity (Wildman–Crippen MR) is 90.0 cm³/mol. The number of benzene rings is 1. The highest BCUT2D eigenvalue weighted by Gasteiger charge is 2.15. The Balaban J connectivity index is 0.00000400. The summed E-state index contributed by atoms with van der Waals surface area (Å²) in [6.07, 6.45) is 0. The molecule has 1 N–H and O–H groups in total. The summed E-state index contributed by atoms with van der Waals surface area (Å²) >= 11 is 3.41. The molecule has 0 saturated carbocycles. The Labute approximate surface area is 140 Å². The van der Waals surface area contributed by atoms with Gasteiger partial charge in [-0.05, 0) is 49.1 Å². The van der Waals surface area contributed by atoms with E-state index >= 15 is 0 Å². The van der Waals surface area contributed by atoms with Crippen LogP contribution < -0.4 is 14.8 Å². The molecule has 0 atom stereocenters. The number of halogens is 2. The summed E-state index contributed by atoms with van der Waals surface area (Å²) in [7, 11) is 5.48. The molecule has 0 saturated heterocycles. The molecular formula is C14H22BrClN2O3. The largest absolute Gasteiger partial charge is 0.493 e. The number of nitrogens with one attached hydrogen (secondary N) is 1. The Morgan fingerprint density at radius 1 is 1.38 bits per heavy atom. The summed E-state index contributed by atoms with van der Waals surface area (Å²) in [4.78, 5) is 14.1. The number of rotatable bonds is 7. The zero-order valence-corrected chi connectivity index (χ0v) is 15.1. The Morgan fingerprint density at radius 2 is 2.05 bits per heavy atom. The molecule has 1 amide bonds. The minimum absolute atomic E-state index is 0. The third-order valence-corrected chi connectivity index (χ3v) is 3.21. The normalized spacial score (nSPS) is 10.0. The van der Waals surface area contributed by atoms with Crippen LogP contribution in [-0.4, -0.2) is 51.7 Å². The van der Waals surface area contributed by atoms with Gasteiger partial charge in [-0.15, -0.1) is 12.4 Å². The number of likely N-dealkylation sites (N-methyl/N-ethyl adjacent to an activating group) is 1. The van der Waals surface area contributed by atoms with E-state index < -0.39 is 0 Å². The number of amides is 1. The van der Waals surface area contributed by atoms with Crippen molar-refractivity contribution in [3.8, 4) is 11.5 Å². The van der Waals surface area contributed by atoms with Crippen molar-refractivity contribution in [1.82, 2.24) is 10.2 Å². The zero-order valence-electron chi connectivity index (χ0n) is 12.7. The SMILES string of the molecule is CCOc1c(Br)cc(C(=O)NCCN(C)C)cc1OC.Cl. The van der Waals surface area contributed by atoms with Crippen molar-refractivity contribution in [2.24, 2.45) is 0 Å². The molecule has 0 radical (unpaired) electrons. The number of carbonyl (C=O) groups is 1. The molecule has 120 valence electrons. The van der Waals surface area contributed by atoms with E-state index in [0.717, 1.165) is 6.54 Å². The van der Waals surface area contributed by atoms with E-state index in [4.69, 9.17) is 9.47 Å². The van der Waals surface area contributed by atoms with Gasteiger partial charge in [0.15, 0.2) is 11.5 Å². The van der Waals surface area contributed by atoms with Crippen LogP contribution in [0.4, 0.5) is 0 Å². The quantitative estimate of drug-likeness (QED) is 0.789. The smallest absolute Gasteiger partial charge is 0.251 e. The van der Waals surface area contributed by atoms with Gasteiger partial charge in [0, 0.05) is 18.7 Å². The summed E-state index contributed by atoms with van der Waals surface area (Å²) in [6.45, 7) is 3.82. The molecule has 0 aliphatic heterocycles. The second kappa shape index (κ2) is 9.87. The maximum Gasteiger partial charge on any atom is 0.251 e. The first-order chi connectivity index (χ1) is 9.49. The van der Waals surface area contributed by atoms with E-state index in [1.165, 1.54) is 0 Å². The van der Waals surface area contributed by atoms with Gasteiger partial charge in [-0.1, -0.05) is 0 Å². The predicted octanol–water partition coefficient (Wildman–Crippen LogP) is 2.57. The molecule has 0 heterocycles. The van der Waals surface area contributed by atoms with Gasteiger partial charge in [0.05, 0.1) is 18.2 Å². The average Bonchev–Trinajstić information content (AvgIpc) is 2.40. The van der Waals surface area contributed by atoms with Gasteiger partial charge in [-0.2, -0.15) is 0 Å². The van der Waals surface area contributed by atoms with Crippen molar-refractivity contribution in [2.75, 3.05) is 40.9 Å². The summed E-state index contributed by atoms with van der Waals surface area (Å²) in [5, 5.41) is 2.86. The van der Waals surface area contributed by atoms with Crippen molar-refractivity contribution in [1.29, 1.82) is 0 Å².